The third-order valence-corrected chi connectivity index (χ3v) is 6.04. The lowest BCUT2D eigenvalue weighted by Crippen LogP contribution is -2.29. The van der Waals surface area contributed by atoms with Gasteiger partial charge >= 0.3 is 0 Å². The highest BCUT2D eigenvalue weighted by molar-refractivity contribution is 6.12. The number of anilines is 1. The second-order valence-electron chi connectivity index (χ2n) is 8.06. The number of rotatable bonds is 3. The van der Waals surface area contributed by atoms with Crippen LogP contribution in [0.2, 0.25) is 0 Å². The van der Waals surface area contributed by atoms with E-state index in [-0.39, 0.29) is 28.3 Å². The Kier molecular flexibility index (Phi) is 4.15. The Bertz CT molecular complexity index is 1700. The molecule has 0 radical (unpaired) electrons. The van der Waals surface area contributed by atoms with Gasteiger partial charge in [-0.25, -0.2) is 0 Å². The highest BCUT2D eigenvalue weighted by Crippen LogP contribution is 2.42. The van der Waals surface area contributed by atoms with Crippen LogP contribution in [0.25, 0.3) is 21.7 Å². The van der Waals surface area contributed by atoms with Gasteiger partial charge in [-0.05, 0) is 36.1 Å². The highest BCUT2D eigenvalue weighted by Gasteiger charge is 2.45. The SMILES string of the molecule is Cc1cc(N2C(=O)c3oc4c(ccc5ccccc54)c(=O)c3C2c2ccc([N+](=O)[O-])cc2)no1. The minimum atomic E-state index is -0.889. The van der Waals surface area contributed by atoms with Gasteiger partial charge in [-0.3, -0.25) is 24.6 Å². The molecule has 9 heteroatoms. The summed E-state index contributed by atoms with van der Waals surface area (Å²) >= 11 is 0. The van der Waals surface area contributed by atoms with Gasteiger partial charge in [0.2, 0.25) is 5.76 Å². The second kappa shape index (κ2) is 7.11. The Balaban J connectivity index is 1.65. The molecular formula is C25H15N3O6. The third kappa shape index (κ3) is 2.77. The zero-order valence-corrected chi connectivity index (χ0v) is 17.7. The van der Waals surface area contributed by atoms with E-state index in [1.54, 1.807) is 19.1 Å². The predicted octanol–water partition coefficient (Wildman–Crippen LogP) is 4.90. The molecule has 6 rings (SSSR count). The van der Waals surface area contributed by atoms with Crippen LogP contribution in [0.1, 0.15) is 33.5 Å². The first-order valence-corrected chi connectivity index (χ1v) is 10.4. The summed E-state index contributed by atoms with van der Waals surface area (Å²) in [5.41, 5.74) is 0.541. The summed E-state index contributed by atoms with van der Waals surface area (Å²) in [7, 11) is 0. The van der Waals surface area contributed by atoms with Crippen LogP contribution in [0.15, 0.2) is 80.5 Å². The number of aromatic nitrogens is 1. The van der Waals surface area contributed by atoms with Crippen LogP contribution in [0, 0.1) is 17.0 Å². The molecule has 0 spiro atoms. The Morgan fingerprint density at radius 1 is 1.00 bits per heavy atom. The highest BCUT2D eigenvalue weighted by atomic mass is 16.6. The van der Waals surface area contributed by atoms with Gasteiger partial charge in [0.15, 0.2) is 11.2 Å². The topological polar surface area (TPSA) is 120 Å². The van der Waals surface area contributed by atoms with Gasteiger partial charge in [0, 0.05) is 23.6 Å². The van der Waals surface area contributed by atoms with Gasteiger partial charge < -0.3 is 8.94 Å². The van der Waals surface area contributed by atoms with Crippen LogP contribution in [0.5, 0.6) is 0 Å². The van der Waals surface area contributed by atoms with Crippen molar-refractivity contribution in [2.45, 2.75) is 13.0 Å². The normalized spacial score (nSPS) is 15.3. The first kappa shape index (κ1) is 19.9. The van der Waals surface area contributed by atoms with Gasteiger partial charge in [-0.2, -0.15) is 0 Å². The van der Waals surface area contributed by atoms with Gasteiger partial charge in [-0.15, -0.1) is 0 Å². The van der Waals surface area contributed by atoms with E-state index in [1.807, 2.05) is 30.3 Å². The van der Waals surface area contributed by atoms with Crippen molar-refractivity contribution in [1.82, 2.24) is 5.16 Å². The molecule has 0 N–H and O–H groups in total. The number of nitro benzene ring substituents is 1. The van der Waals surface area contributed by atoms with Crippen LogP contribution < -0.4 is 10.3 Å². The van der Waals surface area contributed by atoms with E-state index in [4.69, 9.17) is 8.94 Å². The van der Waals surface area contributed by atoms with Crippen LogP contribution in [0.4, 0.5) is 11.5 Å². The standard InChI is InChI=1S/C25H15N3O6/c1-13-12-19(26-34-13)27-21(15-6-9-16(10-7-15)28(31)32)20-22(29)18-11-8-14-4-2-3-5-17(14)23(18)33-24(20)25(27)30/h2-12,21H,1H3. The van der Waals surface area contributed by atoms with E-state index >= 15 is 0 Å². The third-order valence-electron chi connectivity index (χ3n) is 6.04. The lowest BCUT2D eigenvalue weighted by atomic mass is 9.97. The molecule has 1 atom stereocenters. The summed E-state index contributed by atoms with van der Waals surface area (Å²) in [4.78, 5) is 39.3. The molecule has 0 fully saturated rings. The molecule has 5 aromatic rings. The number of nitro groups is 1. The molecule has 2 aromatic heterocycles. The molecule has 3 heterocycles. The van der Waals surface area contributed by atoms with Gasteiger partial charge in [0.05, 0.1) is 21.9 Å². The molecular weight excluding hydrogens is 438 g/mol. The largest absolute Gasteiger partial charge is 0.450 e. The zero-order chi connectivity index (χ0) is 23.6. The van der Waals surface area contributed by atoms with E-state index in [0.717, 1.165) is 10.8 Å². The number of non-ortho nitro benzene ring substituents is 1. The summed E-state index contributed by atoms with van der Waals surface area (Å²) in [6, 6.07) is 17.4. The number of amides is 1. The number of benzene rings is 3. The second-order valence-corrected chi connectivity index (χ2v) is 8.06. The molecule has 0 saturated carbocycles. The van der Waals surface area contributed by atoms with Crippen molar-refractivity contribution in [3.05, 3.63) is 110 Å². The Morgan fingerprint density at radius 2 is 1.76 bits per heavy atom. The molecule has 1 aliphatic heterocycles. The van der Waals surface area contributed by atoms with E-state index in [2.05, 4.69) is 5.16 Å². The summed E-state index contributed by atoms with van der Waals surface area (Å²) in [6.07, 6.45) is 0. The maximum atomic E-state index is 13.8. The summed E-state index contributed by atoms with van der Waals surface area (Å²) in [5.74, 6) is 0.0682. The molecule has 166 valence electrons. The van der Waals surface area contributed by atoms with Crippen molar-refractivity contribution < 1.29 is 18.7 Å². The van der Waals surface area contributed by atoms with E-state index in [1.165, 1.54) is 29.2 Å². The van der Waals surface area contributed by atoms with Crippen molar-refractivity contribution in [1.29, 1.82) is 0 Å². The van der Waals surface area contributed by atoms with Crippen molar-refractivity contribution in [2.75, 3.05) is 4.90 Å². The maximum Gasteiger partial charge on any atom is 0.296 e. The minimum absolute atomic E-state index is 0.0853. The summed E-state index contributed by atoms with van der Waals surface area (Å²) in [5, 5.41) is 17.0. The molecule has 0 bridgehead atoms. The summed E-state index contributed by atoms with van der Waals surface area (Å²) in [6.45, 7) is 1.69. The Labute approximate surface area is 191 Å². The minimum Gasteiger partial charge on any atom is -0.450 e. The number of carbonyl (C=O) groups excluding carboxylic acids is 1. The quantitative estimate of drug-likeness (QED) is 0.216. The fraction of sp³-hybridized carbons (Fsp3) is 0.0800. The number of hydrogen-bond donors (Lipinski definition) is 0. The fourth-order valence-corrected chi connectivity index (χ4v) is 4.50. The molecule has 1 amide bonds. The first-order valence-electron chi connectivity index (χ1n) is 10.4. The van der Waals surface area contributed by atoms with E-state index in [0.29, 0.717) is 22.3 Å². The average molecular weight is 453 g/mol. The van der Waals surface area contributed by atoms with Crippen LogP contribution >= 0.6 is 0 Å². The van der Waals surface area contributed by atoms with E-state index < -0.39 is 16.9 Å². The smallest absolute Gasteiger partial charge is 0.296 e. The Morgan fingerprint density at radius 3 is 2.47 bits per heavy atom. The molecule has 1 aliphatic rings. The van der Waals surface area contributed by atoms with Gasteiger partial charge in [0.25, 0.3) is 11.6 Å². The fourth-order valence-electron chi connectivity index (χ4n) is 4.50. The van der Waals surface area contributed by atoms with Crippen molar-refractivity contribution in [3.8, 4) is 0 Å². The average Bonchev–Trinajstić information content (AvgIpc) is 3.40. The Hall–Kier alpha value is -4.79. The lowest BCUT2D eigenvalue weighted by molar-refractivity contribution is -0.384. The molecule has 34 heavy (non-hydrogen) atoms. The van der Waals surface area contributed by atoms with Crippen molar-refractivity contribution >= 4 is 39.2 Å². The van der Waals surface area contributed by atoms with Crippen molar-refractivity contribution in [2.24, 2.45) is 0 Å². The van der Waals surface area contributed by atoms with Gasteiger partial charge in [0.1, 0.15) is 11.3 Å². The molecule has 9 nitrogen and oxygen atoms in total. The summed E-state index contributed by atoms with van der Waals surface area (Å²) < 4.78 is 11.3. The number of fused-ring (bicyclic) bond motifs is 4. The first-order chi connectivity index (χ1) is 16.4. The maximum absolute atomic E-state index is 13.8. The number of nitrogens with zero attached hydrogens (tertiary/aromatic N) is 3. The van der Waals surface area contributed by atoms with Crippen LogP contribution in [-0.2, 0) is 0 Å². The zero-order valence-electron chi connectivity index (χ0n) is 17.7. The number of hydrogen-bond acceptors (Lipinski definition) is 7. The molecule has 0 saturated heterocycles. The molecule has 0 aliphatic carbocycles. The molecule has 3 aromatic carbocycles. The van der Waals surface area contributed by atoms with Crippen LogP contribution in [0.3, 0.4) is 0 Å². The monoisotopic (exact) mass is 453 g/mol. The predicted molar refractivity (Wildman–Crippen MR) is 123 cm³/mol. The lowest BCUT2D eigenvalue weighted by Gasteiger charge is -2.22. The van der Waals surface area contributed by atoms with E-state index in [9.17, 15) is 19.7 Å². The van der Waals surface area contributed by atoms with Crippen LogP contribution in [-0.4, -0.2) is 16.0 Å². The van der Waals surface area contributed by atoms with Gasteiger partial charge in [-0.1, -0.05) is 35.5 Å². The molecule has 1 unspecified atom stereocenters. The van der Waals surface area contributed by atoms with Crippen molar-refractivity contribution in [3.63, 3.8) is 0 Å². The number of carbonyl (C=O) groups is 1. The number of aryl methyl sites for hydroxylation is 1.